The minimum absolute atomic E-state index is 0.00349. The summed E-state index contributed by atoms with van der Waals surface area (Å²) in [6.45, 7) is 5.63. The lowest BCUT2D eigenvalue weighted by Gasteiger charge is -2.09. The number of carboxylic acids is 2. The quantitative estimate of drug-likeness (QED) is 0.200. The Morgan fingerprint density at radius 1 is 0.652 bits per heavy atom. The van der Waals surface area contributed by atoms with Gasteiger partial charge in [0.2, 0.25) is 0 Å². The molecule has 4 N–H and O–H groups in total. The highest BCUT2D eigenvalue weighted by atomic mass is 19.4. The van der Waals surface area contributed by atoms with Crippen molar-refractivity contribution in [2.24, 2.45) is 0 Å². The Morgan fingerprint density at radius 2 is 1.20 bits per heavy atom. The minimum Gasteiger partial charge on any atom is -0.481 e. The first-order chi connectivity index (χ1) is 21.4. The second kappa shape index (κ2) is 11.5. The van der Waals surface area contributed by atoms with Crippen LogP contribution in [0, 0.1) is 13.8 Å². The predicted molar refractivity (Wildman–Crippen MR) is 159 cm³/mol. The van der Waals surface area contributed by atoms with E-state index in [0.717, 1.165) is 12.1 Å². The van der Waals surface area contributed by atoms with E-state index >= 15 is 0 Å². The van der Waals surface area contributed by atoms with Crippen LogP contribution in [0.1, 0.15) is 78.1 Å². The van der Waals surface area contributed by atoms with Gasteiger partial charge in [-0.15, -0.1) is 0 Å². The number of fused-ring (bicyclic) bond motifs is 8. The number of H-pyrrole nitrogens is 2. The number of aromatic amines is 2. The molecule has 0 saturated carbocycles. The summed E-state index contributed by atoms with van der Waals surface area (Å²) in [4.78, 5) is 37.4. The Balaban J connectivity index is 1.99. The van der Waals surface area contributed by atoms with Crippen LogP contribution < -0.4 is 0 Å². The van der Waals surface area contributed by atoms with Gasteiger partial charge in [0.15, 0.2) is 0 Å². The summed E-state index contributed by atoms with van der Waals surface area (Å²) in [5.41, 5.74) is -1.03. The predicted octanol–water partition coefficient (Wildman–Crippen LogP) is 8.26. The number of aryl methyl sites for hydroxylation is 3. The summed E-state index contributed by atoms with van der Waals surface area (Å²) in [5.74, 6) is -2.22. The largest absolute Gasteiger partial charge is 0.481 e. The Morgan fingerprint density at radius 3 is 1.80 bits per heavy atom. The van der Waals surface area contributed by atoms with Gasteiger partial charge >= 0.3 is 24.3 Å². The van der Waals surface area contributed by atoms with Crippen molar-refractivity contribution in [1.29, 1.82) is 0 Å². The number of nitrogens with one attached hydrogen (secondary N) is 2. The van der Waals surface area contributed by atoms with Crippen molar-refractivity contribution in [2.45, 2.75) is 65.7 Å². The number of alkyl halides is 6. The van der Waals surface area contributed by atoms with Crippen LogP contribution >= 0.6 is 0 Å². The number of allylic oxidation sites excluding steroid dienone is 4. The summed E-state index contributed by atoms with van der Waals surface area (Å²) < 4.78 is 86.3. The summed E-state index contributed by atoms with van der Waals surface area (Å²) >= 11 is 0. The fraction of sp³-hybridized carbons (Fsp3) is 0.312. The molecule has 2 aliphatic heterocycles. The first kappa shape index (κ1) is 32.5. The van der Waals surface area contributed by atoms with Crippen molar-refractivity contribution >= 4 is 56.3 Å². The molecule has 0 aliphatic carbocycles. The van der Waals surface area contributed by atoms with E-state index in [-0.39, 0.29) is 70.5 Å². The van der Waals surface area contributed by atoms with Gasteiger partial charge in [-0.3, -0.25) is 9.59 Å². The molecule has 0 atom stereocenters. The highest BCUT2D eigenvalue weighted by Gasteiger charge is 2.41. The minimum atomic E-state index is -4.86. The second-order valence-corrected chi connectivity index (χ2v) is 11.2. The molecule has 8 bridgehead atoms. The van der Waals surface area contributed by atoms with Crippen LogP contribution in [0.15, 0.2) is 24.3 Å². The van der Waals surface area contributed by atoms with Crippen molar-refractivity contribution in [1.82, 2.24) is 19.9 Å². The number of rotatable bonds is 6. The van der Waals surface area contributed by atoms with Crippen LogP contribution in [0.3, 0.4) is 0 Å². The molecule has 2 aliphatic rings. The van der Waals surface area contributed by atoms with Gasteiger partial charge < -0.3 is 20.2 Å². The SMILES string of the molecule is CC1=C(CCC(=O)O)c2cc3[nH]c(cc4[nH]c(cc5nc(cc1n2)C(C(F)(F)F)=C5C)c(C)c4C(F)(F)F)c(C)c3CCC(=O)O. The standard InChI is InChI=1S/C32H28F6N4O4/c1-13-17(5-7-27(43)44)23-12-24-18(6-8-28(45)46)14(2)20(40-24)11-26-30(32(36,37)38)16(4)22(42-26)9-21-15(3)29(31(33,34)35)25(41-21)10-19(13)39-23/h9-12,39,41H,5-8H2,1-4H3,(H,43,44)(H,45,46). The molecule has 14 heteroatoms. The van der Waals surface area contributed by atoms with Gasteiger partial charge in [0.05, 0.1) is 39.4 Å². The lowest BCUT2D eigenvalue weighted by atomic mass is 10.00. The van der Waals surface area contributed by atoms with Gasteiger partial charge in [0, 0.05) is 29.4 Å². The number of nitrogens with zero attached hydrogens (tertiary/aromatic N) is 2. The van der Waals surface area contributed by atoms with Crippen LogP contribution in [0.5, 0.6) is 0 Å². The molecule has 242 valence electrons. The first-order valence-corrected chi connectivity index (χ1v) is 14.1. The number of halogens is 6. The van der Waals surface area contributed by atoms with E-state index in [9.17, 15) is 46.1 Å². The molecule has 0 radical (unpaired) electrons. The van der Waals surface area contributed by atoms with Gasteiger partial charge in [-0.25, -0.2) is 9.97 Å². The van der Waals surface area contributed by atoms with Crippen LogP contribution in [-0.2, 0) is 22.2 Å². The lowest BCUT2D eigenvalue weighted by Crippen LogP contribution is -2.10. The van der Waals surface area contributed by atoms with E-state index in [4.69, 9.17) is 0 Å². The molecule has 0 amide bonds. The van der Waals surface area contributed by atoms with E-state index in [1.807, 2.05) is 0 Å². The van der Waals surface area contributed by atoms with Gasteiger partial charge in [-0.2, -0.15) is 26.3 Å². The van der Waals surface area contributed by atoms with Gasteiger partial charge in [0.25, 0.3) is 0 Å². The Hall–Kier alpha value is -4.88. The molecular weight excluding hydrogens is 618 g/mol. The smallest absolute Gasteiger partial charge is 0.418 e. The summed E-state index contributed by atoms with van der Waals surface area (Å²) in [5, 5.41) is 18.7. The maximum atomic E-state index is 14.4. The third kappa shape index (κ3) is 6.03. The molecule has 0 unspecified atom stereocenters. The molecule has 0 fully saturated rings. The summed E-state index contributed by atoms with van der Waals surface area (Å²) in [7, 11) is 0. The zero-order chi connectivity index (χ0) is 33.9. The Labute approximate surface area is 257 Å². The van der Waals surface area contributed by atoms with Gasteiger partial charge in [0.1, 0.15) is 0 Å². The molecule has 8 nitrogen and oxygen atoms in total. The maximum absolute atomic E-state index is 14.4. The number of carbonyl (C=O) groups is 2. The molecule has 3 aromatic heterocycles. The van der Waals surface area contributed by atoms with Crippen LogP contribution in [-0.4, -0.2) is 48.3 Å². The number of carboxylic acid groups (broad SMARTS) is 2. The monoisotopic (exact) mass is 646 g/mol. The molecule has 0 saturated heterocycles. The van der Waals surface area contributed by atoms with Crippen molar-refractivity contribution in [3.8, 4) is 0 Å². The van der Waals surface area contributed by atoms with Gasteiger partial charge in [-0.05, 0) is 98.2 Å². The molecule has 5 heterocycles. The van der Waals surface area contributed by atoms with Crippen molar-refractivity contribution < 1.29 is 46.1 Å². The number of aromatic nitrogens is 4. The van der Waals surface area contributed by atoms with Crippen LogP contribution in [0.4, 0.5) is 26.3 Å². The molecule has 0 aromatic carbocycles. The van der Waals surface area contributed by atoms with Crippen LogP contribution in [0.25, 0.3) is 44.4 Å². The Kier molecular flexibility index (Phi) is 8.12. The average molecular weight is 647 g/mol. The molecule has 3 aromatic rings. The average Bonchev–Trinajstić information content (AvgIpc) is 3.59. The molecule has 0 spiro atoms. The number of hydrogen-bond acceptors (Lipinski definition) is 4. The fourth-order valence-electron chi connectivity index (χ4n) is 5.93. The topological polar surface area (TPSA) is 132 Å². The van der Waals surface area contributed by atoms with Crippen molar-refractivity contribution in [2.75, 3.05) is 0 Å². The maximum Gasteiger partial charge on any atom is 0.418 e. The molecule has 46 heavy (non-hydrogen) atoms. The summed E-state index contributed by atoms with van der Waals surface area (Å²) in [6.07, 6.45) is -10.3. The zero-order valence-corrected chi connectivity index (χ0v) is 25.0. The lowest BCUT2D eigenvalue weighted by molar-refractivity contribution is -0.137. The third-order valence-corrected chi connectivity index (χ3v) is 8.28. The fourth-order valence-corrected chi connectivity index (χ4v) is 5.93. The van der Waals surface area contributed by atoms with Gasteiger partial charge in [-0.1, -0.05) is 0 Å². The van der Waals surface area contributed by atoms with E-state index in [1.54, 1.807) is 13.8 Å². The van der Waals surface area contributed by atoms with Crippen molar-refractivity contribution in [3.05, 3.63) is 69.3 Å². The van der Waals surface area contributed by atoms with E-state index in [1.165, 1.54) is 26.0 Å². The van der Waals surface area contributed by atoms with E-state index in [0.29, 0.717) is 27.8 Å². The van der Waals surface area contributed by atoms with E-state index in [2.05, 4.69) is 19.9 Å². The Bertz CT molecular complexity index is 2030. The zero-order valence-electron chi connectivity index (χ0n) is 25.0. The number of hydrogen-bond donors (Lipinski definition) is 4. The number of aliphatic carboxylic acids is 2. The third-order valence-electron chi connectivity index (χ3n) is 8.28. The summed E-state index contributed by atoms with van der Waals surface area (Å²) in [6, 6.07) is 5.01. The highest BCUT2D eigenvalue weighted by molar-refractivity contribution is 5.97. The first-order valence-electron chi connectivity index (χ1n) is 14.1. The van der Waals surface area contributed by atoms with Crippen molar-refractivity contribution in [3.63, 3.8) is 0 Å². The molecular formula is C32H28F6N4O4. The van der Waals surface area contributed by atoms with E-state index < -0.39 is 41.1 Å². The highest BCUT2D eigenvalue weighted by Crippen LogP contribution is 2.44. The van der Waals surface area contributed by atoms with Crippen LogP contribution in [0.2, 0.25) is 0 Å². The second-order valence-electron chi connectivity index (χ2n) is 11.2. The molecule has 5 rings (SSSR count). The normalized spacial score (nSPS) is 14.0.